The number of benzene rings is 1. The van der Waals surface area contributed by atoms with Crippen molar-refractivity contribution in [3.63, 3.8) is 0 Å². The van der Waals surface area contributed by atoms with Crippen LogP contribution in [-0.4, -0.2) is 19.7 Å². The largest absolute Gasteiger partial charge is 0.497 e. The van der Waals surface area contributed by atoms with E-state index in [1.807, 2.05) is 0 Å². The van der Waals surface area contributed by atoms with Crippen molar-refractivity contribution in [3.8, 4) is 5.75 Å². The van der Waals surface area contributed by atoms with E-state index in [9.17, 15) is 0 Å². The summed E-state index contributed by atoms with van der Waals surface area (Å²) in [6.07, 6.45) is 5.34. The fraction of sp³-hybridized carbons (Fsp3) is 0.684. The van der Waals surface area contributed by atoms with Crippen LogP contribution in [0.3, 0.4) is 0 Å². The van der Waals surface area contributed by atoms with Crippen LogP contribution in [0.15, 0.2) is 24.3 Å². The molecule has 0 heterocycles. The number of nitrogens with one attached hydrogen (secondary N) is 1. The molecule has 0 aromatic heterocycles. The monoisotopic (exact) mass is 287 g/mol. The Morgan fingerprint density at radius 2 is 1.76 bits per heavy atom. The first-order valence-electron chi connectivity index (χ1n) is 8.31. The highest BCUT2D eigenvalue weighted by Gasteiger charge is 2.49. The van der Waals surface area contributed by atoms with Gasteiger partial charge in [-0.3, -0.25) is 0 Å². The Labute approximate surface area is 129 Å². The molecule has 2 aliphatic rings. The second-order valence-electron chi connectivity index (χ2n) is 8.14. The molecule has 2 aliphatic carbocycles. The molecule has 2 fully saturated rings. The smallest absolute Gasteiger partial charge is 0.118 e. The van der Waals surface area contributed by atoms with Crippen LogP contribution in [0.2, 0.25) is 0 Å². The van der Waals surface area contributed by atoms with Crippen molar-refractivity contribution in [1.29, 1.82) is 0 Å². The standard InChI is InChI=1S/C19H29NO/c1-18(2,3)15-11-19(12-15,13-20-16-7-8-16)14-5-9-17(21-4)10-6-14/h5-6,9-10,15-16,20H,7-8,11-13H2,1-4H3. The van der Waals surface area contributed by atoms with Crippen LogP contribution in [0, 0.1) is 11.3 Å². The van der Waals surface area contributed by atoms with Gasteiger partial charge in [-0.1, -0.05) is 32.9 Å². The van der Waals surface area contributed by atoms with Crippen LogP contribution in [0.25, 0.3) is 0 Å². The average molecular weight is 287 g/mol. The van der Waals surface area contributed by atoms with E-state index in [4.69, 9.17) is 4.74 Å². The van der Waals surface area contributed by atoms with Gasteiger partial charge in [-0.15, -0.1) is 0 Å². The van der Waals surface area contributed by atoms with Gasteiger partial charge in [0.1, 0.15) is 5.75 Å². The molecule has 1 N–H and O–H groups in total. The first-order chi connectivity index (χ1) is 9.93. The summed E-state index contributed by atoms with van der Waals surface area (Å²) in [5.41, 5.74) is 2.25. The molecule has 1 aromatic rings. The number of hydrogen-bond acceptors (Lipinski definition) is 2. The van der Waals surface area contributed by atoms with Gasteiger partial charge in [-0.2, -0.15) is 0 Å². The lowest BCUT2D eigenvalue weighted by Gasteiger charge is -2.53. The Kier molecular flexibility index (Phi) is 3.77. The first-order valence-corrected chi connectivity index (χ1v) is 8.31. The van der Waals surface area contributed by atoms with Gasteiger partial charge < -0.3 is 10.1 Å². The average Bonchev–Trinajstić information content (AvgIpc) is 3.21. The molecular weight excluding hydrogens is 258 g/mol. The van der Waals surface area contributed by atoms with Crippen molar-refractivity contribution in [3.05, 3.63) is 29.8 Å². The van der Waals surface area contributed by atoms with Gasteiger partial charge in [0.2, 0.25) is 0 Å². The highest BCUT2D eigenvalue weighted by Crippen LogP contribution is 2.54. The minimum absolute atomic E-state index is 0.340. The van der Waals surface area contributed by atoms with Crippen molar-refractivity contribution >= 4 is 0 Å². The normalized spacial score (nSPS) is 29.0. The van der Waals surface area contributed by atoms with Crippen molar-refractivity contribution < 1.29 is 4.74 Å². The third kappa shape index (κ3) is 3.11. The summed E-state index contributed by atoms with van der Waals surface area (Å²) in [6, 6.07) is 9.55. The van der Waals surface area contributed by atoms with E-state index in [0.29, 0.717) is 10.8 Å². The van der Waals surface area contributed by atoms with Crippen LogP contribution in [0.1, 0.15) is 52.0 Å². The summed E-state index contributed by atoms with van der Waals surface area (Å²) in [5.74, 6) is 1.79. The summed E-state index contributed by atoms with van der Waals surface area (Å²) in [7, 11) is 1.73. The van der Waals surface area contributed by atoms with E-state index < -0.39 is 0 Å². The number of hydrogen-bond donors (Lipinski definition) is 1. The molecule has 1 aromatic carbocycles. The molecule has 21 heavy (non-hydrogen) atoms. The highest BCUT2D eigenvalue weighted by molar-refractivity contribution is 5.35. The van der Waals surface area contributed by atoms with Crippen molar-refractivity contribution in [2.24, 2.45) is 11.3 Å². The maximum absolute atomic E-state index is 5.30. The van der Waals surface area contributed by atoms with E-state index in [0.717, 1.165) is 24.3 Å². The van der Waals surface area contributed by atoms with E-state index in [-0.39, 0.29) is 0 Å². The number of ether oxygens (including phenoxy) is 1. The van der Waals surface area contributed by atoms with E-state index in [1.165, 1.54) is 31.2 Å². The van der Waals surface area contributed by atoms with E-state index in [1.54, 1.807) is 7.11 Å². The molecule has 0 aliphatic heterocycles. The Bertz CT molecular complexity index is 475. The molecule has 2 saturated carbocycles. The van der Waals surface area contributed by atoms with Crippen LogP contribution in [0.4, 0.5) is 0 Å². The third-order valence-electron chi connectivity index (χ3n) is 5.51. The molecule has 2 nitrogen and oxygen atoms in total. The maximum Gasteiger partial charge on any atom is 0.118 e. The molecule has 0 amide bonds. The quantitative estimate of drug-likeness (QED) is 0.878. The molecule has 3 rings (SSSR count). The van der Waals surface area contributed by atoms with Crippen LogP contribution < -0.4 is 10.1 Å². The van der Waals surface area contributed by atoms with Gasteiger partial charge in [0, 0.05) is 18.0 Å². The lowest BCUT2D eigenvalue weighted by atomic mass is 9.52. The van der Waals surface area contributed by atoms with Crippen LogP contribution >= 0.6 is 0 Å². The van der Waals surface area contributed by atoms with Gasteiger partial charge in [-0.05, 0) is 54.7 Å². The topological polar surface area (TPSA) is 21.3 Å². The van der Waals surface area contributed by atoms with Crippen LogP contribution in [-0.2, 0) is 5.41 Å². The summed E-state index contributed by atoms with van der Waals surface area (Å²) in [6.45, 7) is 8.27. The zero-order chi connectivity index (χ0) is 15.1. The molecule has 0 unspecified atom stereocenters. The summed E-state index contributed by atoms with van der Waals surface area (Å²) < 4.78 is 5.30. The third-order valence-corrected chi connectivity index (χ3v) is 5.51. The number of rotatable bonds is 5. The highest BCUT2D eigenvalue weighted by atomic mass is 16.5. The zero-order valence-electron chi connectivity index (χ0n) is 13.9. The van der Waals surface area contributed by atoms with Gasteiger partial charge in [0.25, 0.3) is 0 Å². The molecule has 0 atom stereocenters. The van der Waals surface area contributed by atoms with Gasteiger partial charge >= 0.3 is 0 Å². The fourth-order valence-electron chi connectivity index (χ4n) is 3.55. The first kappa shape index (κ1) is 14.9. The molecule has 0 saturated heterocycles. The minimum Gasteiger partial charge on any atom is -0.497 e. The SMILES string of the molecule is COc1ccc(C2(CNC3CC3)CC(C(C)(C)C)C2)cc1. The Hall–Kier alpha value is -1.02. The Balaban J connectivity index is 1.75. The molecule has 116 valence electrons. The zero-order valence-corrected chi connectivity index (χ0v) is 13.9. The molecular formula is C19H29NO. The van der Waals surface area contributed by atoms with Gasteiger partial charge in [0.15, 0.2) is 0 Å². The molecule has 2 heteroatoms. The Morgan fingerprint density at radius 1 is 1.14 bits per heavy atom. The van der Waals surface area contributed by atoms with Crippen molar-refractivity contribution in [2.45, 2.75) is 57.9 Å². The van der Waals surface area contributed by atoms with Crippen LogP contribution in [0.5, 0.6) is 5.75 Å². The second kappa shape index (κ2) is 5.31. The minimum atomic E-state index is 0.340. The van der Waals surface area contributed by atoms with Crippen molar-refractivity contribution in [1.82, 2.24) is 5.32 Å². The predicted octanol–water partition coefficient (Wildman–Crippen LogP) is 4.14. The van der Waals surface area contributed by atoms with E-state index in [2.05, 4.69) is 50.4 Å². The summed E-state index contributed by atoms with van der Waals surface area (Å²) in [4.78, 5) is 0. The molecule has 0 radical (unpaired) electrons. The Morgan fingerprint density at radius 3 is 2.24 bits per heavy atom. The maximum atomic E-state index is 5.30. The molecule has 0 bridgehead atoms. The van der Waals surface area contributed by atoms with Crippen molar-refractivity contribution in [2.75, 3.05) is 13.7 Å². The summed E-state index contributed by atoms with van der Waals surface area (Å²) in [5, 5.41) is 3.77. The molecule has 0 spiro atoms. The summed E-state index contributed by atoms with van der Waals surface area (Å²) >= 11 is 0. The fourth-order valence-corrected chi connectivity index (χ4v) is 3.55. The predicted molar refractivity (Wildman–Crippen MR) is 87.9 cm³/mol. The lowest BCUT2D eigenvalue weighted by molar-refractivity contribution is 0.0446. The van der Waals surface area contributed by atoms with E-state index >= 15 is 0 Å². The van der Waals surface area contributed by atoms with Gasteiger partial charge in [0.05, 0.1) is 7.11 Å². The second-order valence-corrected chi connectivity index (χ2v) is 8.14. The van der Waals surface area contributed by atoms with Gasteiger partial charge in [-0.25, -0.2) is 0 Å². The lowest BCUT2D eigenvalue weighted by Crippen LogP contribution is -2.52. The number of methoxy groups -OCH3 is 1.